The van der Waals surface area contributed by atoms with Gasteiger partial charge in [-0.2, -0.15) is 0 Å². The van der Waals surface area contributed by atoms with Crippen LogP contribution in [0.5, 0.6) is 0 Å². The highest BCUT2D eigenvalue weighted by atomic mass is 127. The number of guanidine groups is 1. The van der Waals surface area contributed by atoms with Gasteiger partial charge in [0.1, 0.15) is 0 Å². The van der Waals surface area contributed by atoms with Gasteiger partial charge in [0.25, 0.3) is 0 Å². The van der Waals surface area contributed by atoms with Gasteiger partial charge in [0.2, 0.25) is 5.91 Å². The lowest BCUT2D eigenvalue weighted by atomic mass is 10.1. The minimum atomic E-state index is -0.0209. The molecule has 7 heteroatoms. The van der Waals surface area contributed by atoms with Gasteiger partial charge in [0.05, 0.1) is 0 Å². The molecule has 0 radical (unpaired) electrons. The summed E-state index contributed by atoms with van der Waals surface area (Å²) in [7, 11) is 1.73. The number of halogens is 2. The predicted octanol–water partition coefficient (Wildman–Crippen LogP) is 3.61. The standard InChI is InChI=1S/C16H25BrN4O.HI/c1-12(2)8-10-19-16(18-3)20-11-9-15(22)21-14-6-4-13(17)5-7-14;/h4-7,12H,8-11H2,1-3H3,(H,21,22)(H2,18,19,20);1H. The fourth-order valence-corrected chi connectivity index (χ4v) is 2.02. The van der Waals surface area contributed by atoms with Crippen molar-refractivity contribution in [2.24, 2.45) is 10.9 Å². The highest BCUT2D eigenvalue weighted by molar-refractivity contribution is 14.0. The van der Waals surface area contributed by atoms with Crippen molar-refractivity contribution in [3.05, 3.63) is 28.7 Å². The van der Waals surface area contributed by atoms with E-state index in [1.54, 1.807) is 7.05 Å². The van der Waals surface area contributed by atoms with Gasteiger partial charge in [-0.15, -0.1) is 24.0 Å². The molecule has 5 nitrogen and oxygen atoms in total. The lowest BCUT2D eigenvalue weighted by molar-refractivity contribution is -0.116. The van der Waals surface area contributed by atoms with Crippen molar-refractivity contribution in [2.45, 2.75) is 26.7 Å². The highest BCUT2D eigenvalue weighted by Gasteiger charge is 2.03. The molecule has 0 saturated heterocycles. The topological polar surface area (TPSA) is 65.5 Å². The van der Waals surface area contributed by atoms with E-state index in [2.05, 4.69) is 50.7 Å². The summed E-state index contributed by atoms with van der Waals surface area (Å²) in [5.74, 6) is 1.37. The minimum absolute atomic E-state index is 0. The van der Waals surface area contributed by atoms with E-state index in [1.807, 2.05) is 24.3 Å². The summed E-state index contributed by atoms with van der Waals surface area (Å²) >= 11 is 3.36. The van der Waals surface area contributed by atoms with E-state index < -0.39 is 0 Å². The van der Waals surface area contributed by atoms with Crippen molar-refractivity contribution in [3.63, 3.8) is 0 Å². The van der Waals surface area contributed by atoms with Gasteiger partial charge in [-0.25, -0.2) is 0 Å². The number of aliphatic imine (C=N–C) groups is 1. The zero-order valence-electron chi connectivity index (χ0n) is 13.9. The Morgan fingerprint density at radius 1 is 1.17 bits per heavy atom. The number of amides is 1. The van der Waals surface area contributed by atoms with Crippen LogP contribution < -0.4 is 16.0 Å². The molecule has 130 valence electrons. The SMILES string of the molecule is CN=C(NCCC(=O)Nc1ccc(Br)cc1)NCCC(C)C.I. The summed E-state index contributed by atoms with van der Waals surface area (Å²) in [5.41, 5.74) is 0.799. The molecule has 0 spiro atoms. The molecule has 1 aromatic rings. The summed E-state index contributed by atoms with van der Waals surface area (Å²) in [5, 5.41) is 9.23. The van der Waals surface area contributed by atoms with Crippen molar-refractivity contribution in [1.29, 1.82) is 0 Å². The third-order valence-electron chi connectivity index (χ3n) is 3.01. The number of carbonyl (C=O) groups is 1. The number of nitrogens with zero attached hydrogens (tertiary/aromatic N) is 1. The van der Waals surface area contributed by atoms with Gasteiger partial charge in [-0.3, -0.25) is 9.79 Å². The average Bonchev–Trinajstić information content (AvgIpc) is 2.47. The molecule has 0 unspecified atom stereocenters. The summed E-state index contributed by atoms with van der Waals surface area (Å²) in [6.07, 6.45) is 1.48. The van der Waals surface area contributed by atoms with Crippen LogP contribution in [0.25, 0.3) is 0 Å². The Labute approximate surface area is 164 Å². The number of nitrogens with one attached hydrogen (secondary N) is 3. The molecule has 3 N–H and O–H groups in total. The van der Waals surface area contributed by atoms with Crippen LogP contribution in [0.15, 0.2) is 33.7 Å². The molecular weight excluding hydrogens is 471 g/mol. The molecule has 0 atom stereocenters. The van der Waals surface area contributed by atoms with Crippen LogP contribution in [-0.4, -0.2) is 32.0 Å². The van der Waals surface area contributed by atoms with Crippen molar-refractivity contribution >= 4 is 57.5 Å². The fourth-order valence-electron chi connectivity index (χ4n) is 1.75. The average molecular weight is 497 g/mol. The first-order chi connectivity index (χ1) is 10.5. The second-order valence-corrected chi connectivity index (χ2v) is 6.33. The first-order valence-corrected chi connectivity index (χ1v) is 8.30. The number of rotatable bonds is 7. The number of benzene rings is 1. The van der Waals surface area contributed by atoms with Gasteiger partial charge in [0.15, 0.2) is 5.96 Å². The van der Waals surface area contributed by atoms with E-state index >= 15 is 0 Å². The Bertz CT molecular complexity index is 491. The summed E-state index contributed by atoms with van der Waals surface area (Å²) < 4.78 is 0.989. The van der Waals surface area contributed by atoms with Crippen LogP contribution in [0.3, 0.4) is 0 Å². The quantitative estimate of drug-likeness (QED) is 0.307. The van der Waals surface area contributed by atoms with Crippen molar-refractivity contribution in [3.8, 4) is 0 Å². The molecule has 1 amide bonds. The molecule has 1 rings (SSSR count). The van der Waals surface area contributed by atoms with E-state index in [9.17, 15) is 4.79 Å². The zero-order chi connectivity index (χ0) is 16.4. The number of hydrogen-bond donors (Lipinski definition) is 3. The summed E-state index contributed by atoms with van der Waals surface area (Å²) in [4.78, 5) is 16.0. The third kappa shape index (κ3) is 10.5. The molecule has 0 aliphatic carbocycles. The molecule has 1 aromatic carbocycles. The number of carbonyl (C=O) groups excluding carboxylic acids is 1. The third-order valence-corrected chi connectivity index (χ3v) is 3.54. The van der Waals surface area contributed by atoms with E-state index in [0.29, 0.717) is 18.9 Å². The van der Waals surface area contributed by atoms with E-state index in [1.165, 1.54) is 0 Å². The first-order valence-electron chi connectivity index (χ1n) is 7.51. The second-order valence-electron chi connectivity index (χ2n) is 5.41. The minimum Gasteiger partial charge on any atom is -0.356 e. The Balaban J connectivity index is 0.00000484. The Hall–Kier alpha value is -0.830. The highest BCUT2D eigenvalue weighted by Crippen LogP contribution is 2.14. The number of anilines is 1. The van der Waals surface area contributed by atoms with Crippen LogP contribution in [0.1, 0.15) is 26.7 Å². The molecule has 0 aromatic heterocycles. The van der Waals surface area contributed by atoms with Crippen molar-refractivity contribution in [2.75, 3.05) is 25.5 Å². The molecule has 0 aliphatic heterocycles. The normalized spacial score (nSPS) is 10.9. The fraction of sp³-hybridized carbons (Fsp3) is 0.500. The maximum absolute atomic E-state index is 11.8. The van der Waals surface area contributed by atoms with Crippen LogP contribution >= 0.6 is 39.9 Å². The molecular formula is C16H26BrIN4O. The smallest absolute Gasteiger partial charge is 0.226 e. The van der Waals surface area contributed by atoms with Crippen molar-refractivity contribution in [1.82, 2.24) is 10.6 Å². The molecule has 0 bridgehead atoms. The van der Waals surface area contributed by atoms with Crippen LogP contribution in [0.4, 0.5) is 5.69 Å². The molecule has 0 fully saturated rings. The van der Waals surface area contributed by atoms with Crippen LogP contribution in [0.2, 0.25) is 0 Å². The second kappa shape index (κ2) is 12.6. The van der Waals surface area contributed by atoms with Gasteiger partial charge in [-0.05, 0) is 36.6 Å². The predicted molar refractivity (Wildman–Crippen MR) is 112 cm³/mol. The Kier molecular flexibility index (Phi) is 12.1. The van der Waals surface area contributed by atoms with Gasteiger partial charge in [-0.1, -0.05) is 29.8 Å². The number of hydrogen-bond acceptors (Lipinski definition) is 2. The van der Waals surface area contributed by atoms with Crippen LogP contribution in [-0.2, 0) is 4.79 Å². The summed E-state index contributed by atoms with van der Waals surface area (Å²) in [6.45, 7) is 5.79. The maximum atomic E-state index is 11.8. The van der Waals surface area contributed by atoms with E-state index in [0.717, 1.165) is 29.1 Å². The molecule has 0 aliphatic rings. The molecule has 23 heavy (non-hydrogen) atoms. The van der Waals surface area contributed by atoms with E-state index in [4.69, 9.17) is 0 Å². The summed E-state index contributed by atoms with van der Waals surface area (Å²) in [6, 6.07) is 7.52. The first kappa shape index (κ1) is 22.2. The maximum Gasteiger partial charge on any atom is 0.226 e. The Morgan fingerprint density at radius 2 is 1.78 bits per heavy atom. The van der Waals surface area contributed by atoms with Gasteiger partial charge in [0, 0.05) is 36.7 Å². The van der Waals surface area contributed by atoms with Gasteiger partial charge >= 0.3 is 0 Å². The molecule has 0 heterocycles. The molecule has 0 saturated carbocycles. The van der Waals surface area contributed by atoms with E-state index in [-0.39, 0.29) is 29.9 Å². The monoisotopic (exact) mass is 496 g/mol. The van der Waals surface area contributed by atoms with Crippen molar-refractivity contribution < 1.29 is 4.79 Å². The van der Waals surface area contributed by atoms with Gasteiger partial charge < -0.3 is 16.0 Å². The lowest BCUT2D eigenvalue weighted by Crippen LogP contribution is -2.39. The lowest BCUT2D eigenvalue weighted by Gasteiger charge is -2.12. The van der Waals surface area contributed by atoms with Crippen LogP contribution in [0, 0.1) is 5.92 Å². The largest absolute Gasteiger partial charge is 0.356 e. The zero-order valence-corrected chi connectivity index (χ0v) is 17.8. The Morgan fingerprint density at radius 3 is 2.35 bits per heavy atom.